The summed E-state index contributed by atoms with van der Waals surface area (Å²) in [6.07, 6.45) is 3.02. The zero-order valence-electron chi connectivity index (χ0n) is 13.0. The predicted molar refractivity (Wildman–Crippen MR) is 80.4 cm³/mol. The van der Waals surface area contributed by atoms with Crippen molar-refractivity contribution in [3.8, 4) is 5.75 Å². The van der Waals surface area contributed by atoms with Crippen molar-refractivity contribution in [1.82, 2.24) is 14.6 Å². The zero-order chi connectivity index (χ0) is 15.9. The monoisotopic (exact) mass is 308 g/mol. The molecule has 8 nitrogen and oxygen atoms in total. The van der Waals surface area contributed by atoms with Gasteiger partial charge in [0.05, 0.1) is 19.4 Å². The average Bonchev–Trinajstić information content (AvgIpc) is 2.85. The minimum Gasteiger partial charge on any atom is -0.434 e. The Morgan fingerprint density at radius 1 is 1.41 bits per heavy atom. The van der Waals surface area contributed by atoms with Crippen LogP contribution in [-0.4, -0.2) is 47.6 Å². The summed E-state index contributed by atoms with van der Waals surface area (Å²) in [5.41, 5.74) is 1.62. The highest BCUT2D eigenvalue weighted by molar-refractivity contribution is 5.77. The summed E-state index contributed by atoms with van der Waals surface area (Å²) in [5.74, 6) is 1.10. The van der Waals surface area contributed by atoms with E-state index in [-0.39, 0.29) is 6.61 Å². The SMILES string of the molecule is CCOC(=O)Oc1cn2ncnc(NCCOC)c2c1CC. The summed E-state index contributed by atoms with van der Waals surface area (Å²) in [7, 11) is 1.64. The summed E-state index contributed by atoms with van der Waals surface area (Å²) in [5, 5.41) is 7.34. The molecule has 8 heteroatoms. The van der Waals surface area contributed by atoms with E-state index >= 15 is 0 Å². The fraction of sp³-hybridized carbons (Fsp3) is 0.500. The van der Waals surface area contributed by atoms with Gasteiger partial charge in [-0.05, 0) is 13.3 Å². The van der Waals surface area contributed by atoms with Crippen LogP contribution in [-0.2, 0) is 15.9 Å². The lowest BCUT2D eigenvalue weighted by Crippen LogP contribution is -2.11. The molecule has 0 amide bonds. The summed E-state index contributed by atoms with van der Waals surface area (Å²) in [6.45, 7) is 5.13. The number of ether oxygens (including phenoxy) is 3. The minimum atomic E-state index is -0.727. The number of carbonyl (C=O) groups excluding carboxylic acids is 1. The maximum atomic E-state index is 11.5. The van der Waals surface area contributed by atoms with Crippen molar-refractivity contribution in [3.05, 3.63) is 18.1 Å². The number of hydrogen-bond acceptors (Lipinski definition) is 7. The van der Waals surface area contributed by atoms with Gasteiger partial charge in [0.2, 0.25) is 0 Å². The van der Waals surface area contributed by atoms with Crippen molar-refractivity contribution in [2.24, 2.45) is 0 Å². The molecule has 0 saturated carbocycles. The van der Waals surface area contributed by atoms with Gasteiger partial charge < -0.3 is 19.5 Å². The van der Waals surface area contributed by atoms with Gasteiger partial charge in [-0.25, -0.2) is 14.3 Å². The van der Waals surface area contributed by atoms with Crippen LogP contribution in [0.25, 0.3) is 5.52 Å². The smallest absolute Gasteiger partial charge is 0.434 e. The zero-order valence-corrected chi connectivity index (χ0v) is 13.0. The molecule has 0 bridgehead atoms. The van der Waals surface area contributed by atoms with Crippen LogP contribution in [0.1, 0.15) is 19.4 Å². The average molecular weight is 308 g/mol. The number of fused-ring (bicyclic) bond motifs is 1. The van der Waals surface area contributed by atoms with Gasteiger partial charge >= 0.3 is 6.16 Å². The Balaban J connectivity index is 2.35. The lowest BCUT2D eigenvalue weighted by Gasteiger charge is -2.08. The molecule has 22 heavy (non-hydrogen) atoms. The Labute approximate surface area is 128 Å². The van der Waals surface area contributed by atoms with Crippen LogP contribution < -0.4 is 10.1 Å². The lowest BCUT2D eigenvalue weighted by atomic mass is 10.2. The van der Waals surface area contributed by atoms with Crippen LogP contribution in [0.4, 0.5) is 10.6 Å². The molecule has 120 valence electrons. The summed E-state index contributed by atoms with van der Waals surface area (Å²) >= 11 is 0. The molecule has 0 spiro atoms. The van der Waals surface area contributed by atoms with Crippen molar-refractivity contribution in [1.29, 1.82) is 0 Å². The van der Waals surface area contributed by atoms with E-state index in [0.29, 0.717) is 31.1 Å². The first-order valence-corrected chi connectivity index (χ1v) is 7.13. The van der Waals surface area contributed by atoms with Gasteiger partial charge in [-0.3, -0.25) is 0 Å². The number of hydrogen-bond donors (Lipinski definition) is 1. The van der Waals surface area contributed by atoms with Gasteiger partial charge in [0.15, 0.2) is 11.6 Å². The van der Waals surface area contributed by atoms with Gasteiger partial charge in [-0.15, -0.1) is 0 Å². The predicted octanol–water partition coefficient (Wildman–Crippen LogP) is 1.89. The second-order valence-corrected chi connectivity index (χ2v) is 4.43. The molecule has 0 fully saturated rings. The van der Waals surface area contributed by atoms with E-state index in [4.69, 9.17) is 14.2 Å². The molecular weight excluding hydrogens is 288 g/mol. The molecule has 2 heterocycles. The normalized spacial score (nSPS) is 10.7. The van der Waals surface area contributed by atoms with Crippen molar-refractivity contribution in [3.63, 3.8) is 0 Å². The van der Waals surface area contributed by atoms with Gasteiger partial charge in [-0.1, -0.05) is 6.92 Å². The number of methoxy groups -OCH3 is 1. The van der Waals surface area contributed by atoms with E-state index in [2.05, 4.69) is 15.4 Å². The summed E-state index contributed by atoms with van der Waals surface area (Å²) in [4.78, 5) is 15.8. The number of aromatic nitrogens is 3. The number of nitrogens with one attached hydrogen (secondary N) is 1. The van der Waals surface area contributed by atoms with Crippen LogP contribution in [0.15, 0.2) is 12.5 Å². The maximum Gasteiger partial charge on any atom is 0.513 e. The Morgan fingerprint density at radius 3 is 2.91 bits per heavy atom. The van der Waals surface area contributed by atoms with Gasteiger partial charge in [0, 0.05) is 19.2 Å². The summed E-state index contributed by atoms with van der Waals surface area (Å²) in [6, 6.07) is 0. The van der Waals surface area contributed by atoms with Crippen LogP contribution >= 0.6 is 0 Å². The molecule has 2 aromatic rings. The first-order chi connectivity index (χ1) is 10.7. The van der Waals surface area contributed by atoms with Crippen LogP contribution in [0, 0.1) is 0 Å². The van der Waals surface area contributed by atoms with Crippen LogP contribution in [0.3, 0.4) is 0 Å². The van der Waals surface area contributed by atoms with E-state index in [0.717, 1.165) is 11.1 Å². The number of anilines is 1. The van der Waals surface area contributed by atoms with Gasteiger partial charge in [0.1, 0.15) is 11.8 Å². The minimum absolute atomic E-state index is 0.261. The molecule has 0 radical (unpaired) electrons. The first-order valence-electron chi connectivity index (χ1n) is 7.13. The van der Waals surface area contributed by atoms with E-state index in [1.165, 1.54) is 6.33 Å². The molecule has 2 aromatic heterocycles. The number of nitrogens with zero attached hydrogens (tertiary/aromatic N) is 3. The largest absolute Gasteiger partial charge is 0.513 e. The molecule has 1 N–H and O–H groups in total. The molecule has 0 aliphatic heterocycles. The van der Waals surface area contributed by atoms with Crippen LogP contribution in [0.5, 0.6) is 5.75 Å². The Hall–Kier alpha value is -2.35. The van der Waals surface area contributed by atoms with Gasteiger partial charge in [-0.2, -0.15) is 5.10 Å². The fourth-order valence-corrected chi connectivity index (χ4v) is 2.12. The topological polar surface area (TPSA) is 87.0 Å². The second kappa shape index (κ2) is 7.60. The molecular formula is C14H20N4O4. The Morgan fingerprint density at radius 2 is 2.23 bits per heavy atom. The number of rotatable bonds is 7. The third-order valence-electron chi connectivity index (χ3n) is 3.05. The molecule has 0 atom stereocenters. The number of aryl methyl sites for hydroxylation is 1. The van der Waals surface area contributed by atoms with Crippen molar-refractivity contribution in [2.75, 3.05) is 32.2 Å². The number of carbonyl (C=O) groups is 1. The highest BCUT2D eigenvalue weighted by Crippen LogP contribution is 2.29. The first kappa shape index (κ1) is 16.0. The molecule has 0 aliphatic rings. The van der Waals surface area contributed by atoms with Crippen molar-refractivity contribution < 1.29 is 19.0 Å². The second-order valence-electron chi connectivity index (χ2n) is 4.43. The van der Waals surface area contributed by atoms with Gasteiger partial charge in [0.25, 0.3) is 0 Å². The van der Waals surface area contributed by atoms with Crippen LogP contribution in [0.2, 0.25) is 0 Å². The molecule has 0 saturated heterocycles. The Bertz CT molecular complexity index is 641. The molecule has 0 aromatic carbocycles. The highest BCUT2D eigenvalue weighted by atomic mass is 16.7. The molecule has 0 aliphatic carbocycles. The third kappa shape index (κ3) is 3.45. The van der Waals surface area contributed by atoms with E-state index in [1.807, 2.05) is 6.92 Å². The Kier molecular flexibility index (Phi) is 5.54. The van der Waals surface area contributed by atoms with E-state index < -0.39 is 6.16 Å². The third-order valence-corrected chi connectivity index (χ3v) is 3.05. The maximum absolute atomic E-state index is 11.5. The molecule has 2 rings (SSSR count). The lowest BCUT2D eigenvalue weighted by molar-refractivity contribution is 0.104. The quantitative estimate of drug-likeness (QED) is 0.617. The van der Waals surface area contributed by atoms with Crippen molar-refractivity contribution in [2.45, 2.75) is 20.3 Å². The summed E-state index contributed by atoms with van der Waals surface area (Å²) < 4.78 is 16.7. The van der Waals surface area contributed by atoms with E-state index in [1.54, 1.807) is 24.7 Å². The van der Waals surface area contributed by atoms with E-state index in [9.17, 15) is 4.79 Å². The van der Waals surface area contributed by atoms with Crippen molar-refractivity contribution >= 4 is 17.5 Å². The standard InChI is InChI=1S/C14H20N4O4/c1-4-10-11(22-14(19)21-5-2)8-18-12(10)13(16-9-17-18)15-6-7-20-3/h8-9H,4-7H2,1-3H3,(H,15,16,17). The molecule has 0 unspecified atom stereocenters. The fourth-order valence-electron chi connectivity index (χ4n) is 2.12. The highest BCUT2D eigenvalue weighted by Gasteiger charge is 2.18.